The maximum absolute atomic E-state index is 13.4. The van der Waals surface area contributed by atoms with E-state index in [9.17, 15) is 18.0 Å². The van der Waals surface area contributed by atoms with Crippen molar-refractivity contribution in [3.05, 3.63) is 70.3 Å². The van der Waals surface area contributed by atoms with Crippen LogP contribution in [0.15, 0.2) is 48.6 Å². The molecule has 13 heteroatoms. The first kappa shape index (κ1) is 42.6. The van der Waals surface area contributed by atoms with Crippen molar-refractivity contribution >= 4 is 39.5 Å². The van der Waals surface area contributed by atoms with Crippen molar-refractivity contribution in [2.75, 3.05) is 65.1 Å². The van der Waals surface area contributed by atoms with Crippen LogP contribution >= 0.6 is 11.6 Å². The minimum absolute atomic E-state index is 0.0434. The summed E-state index contributed by atoms with van der Waals surface area (Å²) < 4.78 is 46.4. The third kappa shape index (κ3) is 8.85. The third-order valence-electron chi connectivity index (χ3n) is 13.3. The van der Waals surface area contributed by atoms with Gasteiger partial charge in [0.05, 0.1) is 24.2 Å². The Labute approximate surface area is 338 Å². The molecule has 56 heavy (non-hydrogen) atoms. The van der Waals surface area contributed by atoms with Crippen LogP contribution in [0.25, 0.3) is 0 Å². The average molecular weight is 814 g/mol. The maximum Gasteiger partial charge on any atom is 0.264 e. The Balaban J connectivity index is 0.000000380. The molecule has 3 heterocycles. The standard InChI is InChI=1S/C34H41ClN2O6S.C9H20N2O/c1-22-6-4-15-34(20-38,42-3)29-11-8-26(29)18-37-19-33(14-5-7-24-16-27(35)10-12-28(24)33)21-43-31-13-9-25(17-30(31)37)32(39)36-44(40,41)23(22)2;1-8-6-10-7-9(2)11(8)4-5-12-3/h4,9-10,12-13,15-17,20,22-23,26,29H,5-8,11,14,18-19,21H2,1-3H3,(H,36,39);8-10H,4-7H2,1-3H3/b15-4+;/t22-,23+,26-,29+,33-,34+;8-,9+/m0./s1. The van der Waals surface area contributed by atoms with Gasteiger partial charge in [-0.05, 0) is 119 Å². The highest BCUT2D eigenvalue weighted by Gasteiger charge is 2.49. The quantitative estimate of drug-likeness (QED) is 0.284. The number of allylic oxidation sites excluding steroid dienone is 1. The van der Waals surface area contributed by atoms with E-state index in [0.29, 0.717) is 49.0 Å². The Morgan fingerprint density at radius 3 is 2.50 bits per heavy atom. The zero-order valence-corrected chi connectivity index (χ0v) is 35.5. The zero-order valence-electron chi connectivity index (χ0n) is 33.9. The number of amides is 1. The van der Waals surface area contributed by atoms with Crippen molar-refractivity contribution in [1.82, 2.24) is 14.9 Å². The van der Waals surface area contributed by atoms with E-state index < -0.39 is 26.8 Å². The molecule has 2 N–H and O–H groups in total. The summed E-state index contributed by atoms with van der Waals surface area (Å²) in [7, 11) is -0.645. The number of nitrogens with one attached hydrogen (secondary N) is 2. The van der Waals surface area contributed by atoms with Crippen LogP contribution in [-0.4, -0.2) is 109 Å². The lowest BCUT2D eigenvalue weighted by atomic mass is 9.64. The van der Waals surface area contributed by atoms with Crippen molar-refractivity contribution in [2.24, 2.45) is 17.8 Å². The van der Waals surface area contributed by atoms with Crippen LogP contribution < -0.4 is 19.7 Å². The molecule has 2 aromatic carbocycles. The fourth-order valence-corrected chi connectivity index (χ4v) is 11.0. The fourth-order valence-electron chi connectivity index (χ4n) is 9.49. The molecular formula is C43H61ClN4O7S. The summed E-state index contributed by atoms with van der Waals surface area (Å²) in [5.41, 5.74) is 2.05. The zero-order chi connectivity index (χ0) is 40.3. The Morgan fingerprint density at radius 2 is 1.82 bits per heavy atom. The number of aryl methyl sites for hydroxylation is 1. The van der Waals surface area contributed by atoms with Gasteiger partial charge in [-0.3, -0.25) is 14.5 Å². The third-order valence-corrected chi connectivity index (χ3v) is 15.4. The van der Waals surface area contributed by atoms with E-state index in [-0.39, 0.29) is 28.7 Å². The molecule has 2 fully saturated rings. The number of methoxy groups -OCH3 is 2. The molecule has 8 atom stereocenters. The molecular weight excluding hydrogens is 752 g/mol. The highest BCUT2D eigenvalue weighted by atomic mass is 35.5. The number of fused-ring (bicyclic) bond motifs is 4. The number of sulfonamides is 1. The normalized spacial score (nSPS) is 33.6. The SMILES string of the molecule is COCCN1[C@H](C)CNC[C@@H]1C.CO[C@@]1(C=O)/C=C/C[C@H](C)[C@@H](C)S(=O)(=O)NC(=O)c2ccc3c(c2)N(C[C@@H]2CC[C@H]21)C[C@@]1(CCCc2cc(Cl)ccc21)CO3. The van der Waals surface area contributed by atoms with Crippen LogP contribution in [0.3, 0.4) is 0 Å². The van der Waals surface area contributed by atoms with Gasteiger partial charge in [0.15, 0.2) is 6.29 Å². The number of hydrogen-bond acceptors (Lipinski definition) is 10. The minimum Gasteiger partial charge on any atom is -0.490 e. The lowest BCUT2D eigenvalue weighted by Crippen LogP contribution is -2.55. The molecule has 308 valence electrons. The minimum atomic E-state index is -3.97. The van der Waals surface area contributed by atoms with Crippen LogP contribution in [0.4, 0.5) is 5.69 Å². The van der Waals surface area contributed by atoms with Gasteiger partial charge in [-0.1, -0.05) is 30.7 Å². The number of piperazine rings is 1. The van der Waals surface area contributed by atoms with Crippen molar-refractivity contribution in [2.45, 2.75) is 94.6 Å². The first-order valence-electron chi connectivity index (χ1n) is 20.3. The summed E-state index contributed by atoms with van der Waals surface area (Å²) in [5.74, 6) is -0.203. The van der Waals surface area contributed by atoms with Gasteiger partial charge in [-0.25, -0.2) is 13.1 Å². The molecule has 2 aliphatic carbocycles. The van der Waals surface area contributed by atoms with Crippen LogP contribution in [0.1, 0.15) is 81.3 Å². The first-order chi connectivity index (χ1) is 26.8. The van der Waals surface area contributed by atoms with E-state index in [2.05, 4.69) is 45.8 Å². The second-order valence-corrected chi connectivity index (χ2v) is 19.3. The highest BCUT2D eigenvalue weighted by Crippen LogP contribution is 2.48. The van der Waals surface area contributed by atoms with Gasteiger partial charge < -0.3 is 24.4 Å². The number of benzene rings is 2. The largest absolute Gasteiger partial charge is 0.490 e. The van der Waals surface area contributed by atoms with Crippen LogP contribution in [-0.2, 0) is 36.1 Å². The van der Waals surface area contributed by atoms with Crippen LogP contribution in [0, 0.1) is 17.8 Å². The Morgan fingerprint density at radius 1 is 1.05 bits per heavy atom. The number of carbonyl (C=O) groups excluding carboxylic acids is 2. The van der Waals surface area contributed by atoms with Gasteiger partial charge in [-0.2, -0.15) is 0 Å². The predicted octanol–water partition coefficient (Wildman–Crippen LogP) is 5.78. The van der Waals surface area contributed by atoms with Gasteiger partial charge in [0, 0.05) is 80.9 Å². The highest BCUT2D eigenvalue weighted by molar-refractivity contribution is 7.90. The lowest BCUT2D eigenvalue weighted by molar-refractivity contribution is -0.135. The summed E-state index contributed by atoms with van der Waals surface area (Å²) >= 11 is 6.40. The lowest BCUT2D eigenvalue weighted by Gasteiger charge is -2.48. The van der Waals surface area contributed by atoms with E-state index in [1.54, 1.807) is 39.3 Å². The monoisotopic (exact) mass is 812 g/mol. The number of halogens is 1. The number of aldehydes is 1. The van der Waals surface area contributed by atoms with Crippen LogP contribution in [0.5, 0.6) is 5.75 Å². The first-order valence-corrected chi connectivity index (χ1v) is 22.2. The summed E-state index contributed by atoms with van der Waals surface area (Å²) in [6.07, 6.45) is 9.65. The maximum atomic E-state index is 13.4. The molecule has 1 spiro atoms. The predicted molar refractivity (Wildman–Crippen MR) is 221 cm³/mol. The smallest absolute Gasteiger partial charge is 0.264 e. The van der Waals surface area contributed by atoms with Crippen molar-refractivity contribution in [1.29, 1.82) is 0 Å². The number of hydrogen-bond donors (Lipinski definition) is 2. The van der Waals surface area contributed by atoms with E-state index in [0.717, 1.165) is 70.3 Å². The summed E-state index contributed by atoms with van der Waals surface area (Å²) in [5, 5.41) is 3.29. The molecule has 11 nitrogen and oxygen atoms in total. The average Bonchev–Trinajstić information content (AvgIpc) is 3.31. The second kappa shape index (κ2) is 17.9. The Hall–Kier alpha value is -3.00. The van der Waals surface area contributed by atoms with Gasteiger partial charge >= 0.3 is 0 Å². The second-order valence-electron chi connectivity index (χ2n) is 16.8. The summed E-state index contributed by atoms with van der Waals surface area (Å²) in [6.45, 7) is 13.8. The molecule has 0 aromatic heterocycles. The molecule has 0 radical (unpaired) electrons. The molecule has 1 saturated heterocycles. The van der Waals surface area contributed by atoms with Crippen molar-refractivity contribution in [3.63, 3.8) is 0 Å². The van der Waals surface area contributed by atoms with Crippen molar-refractivity contribution < 1.29 is 32.2 Å². The summed E-state index contributed by atoms with van der Waals surface area (Å²) in [4.78, 5) is 30.9. The molecule has 1 amide bonds. The van der Waals surface area contributed by atoms with E-state index >= 15 is 0 Å². The number of carbonyl (C=O) groups is 2. The van der Waals surface area contributed by atoms with E-state index in [4.69, 9.17) is 25.8 Å². The molecule has 2 bridgehead atoms. The van der Waals surface area contributed by atoms with Gasteiger partial charge in [0.25, 0.3) is 5.91 Å². The number of ether oxygens (including phenoxy) is 3. The summed E-state index contributed by atoms with van der Waals surface area (Å²) in [6, 6.07) is 12.6. The molecule has 1 saturated carbocycles. The molecule has 5 aliphatic rings. The molecule has 7 rings (SSSR count). The topological polar surface area (TPSA) is 127 Å². The fraction of sp³-hybridized carbons (Fsp3) is 0.628. The molecule has 0 unspecified atom stereocenters. The number of nitrogens with zero attached hydrogens (tertiary/aromatic N) is 2. The van der Waals surface area contributed by atoms with Crippen LogP contribution in [0.2, 0.25) is 5.02 Å². The Kier molecular flexibility index (Phi) is 13.6. The van der Waals surface area contributed by atoms with Gasteiger partial charge in [-0.15, -0.1) is 0 Å². The van der Waals surface area contributed by atoms with E-state index in [1.165, 1.54) is 11.1 Å². The Bertz CT molecular complexity index is 1850. The van der Waals surface area contributed by atoms with Crippen molar-refractivity contribution in [3.8, 4) is 5.75 Å². The number of rotatable bonds is 5. The van der Waals surface area contributed by atoms with Gasteiger partial charge in [0.1, 0.15) is 11.4 Å². The van der Waals surface area contributed by atoms with Gasteiger partial charge in [0.2, 0.25) is 10.0 Å². The molecule has 3 aliphatic heterocycles. The van der Waals surface area contributed by atoms with E-state index in [1.807, 2.05) is 25.1 Å². The number of anilines is 1. The molecule has 2 aromatic rings.